The van der Waals surface area contributed by atoms with Gasteiger partial charge in [0.1, 0.15) is 5.76 Å². The van der Waals surface area contributed by atoms with Crippen molar-refractivity contribution in [2.24, 2.45) is 0 Å². The fourth-order valence-electron chi connectivity index (χ4n) is 2.52. The zero-order chi connectivity index (χ0) is 19.1. The van der Waals surface area contributed by atoms with Gasteiger partial charge in [0.25, 0.3) is 0 Å². The highest BCUT2D eigenvalue weighted by Gasteiger charge is 2.08. The minimum Gasteiger partial charge on any atom is -0.465 e. The van der Waals surface area contributed by atoms with Crippen LogP contribution in [0.15, 0.2) is 71.4 Å². The Hall–Kier alpha value is -3.45. The van der Waals surface area contributed by atoms with E-state index < -0.39 is 5.91 Å². The molecule has 0 bridgehead atoms. The second-order valence-corrected chi connectivity index (χ2v) is 6.06. The summed E-state index contributed by atoms with van der Waals surface area (Å²) in [5, 5.41) is 4.52. The van der Waals surface area contributed by atoms with Crippen LogP contribution in [0.5, 0.6) is 0 Å². The van der Waals surface area contributed by atoms with E-state index in [9.17, 15) is 9.59 Å². The summed E-state index contributed by atoms with van der Waals surface area (Å²) in [7, 11) is 0. The maximum absolute atomic E-state index is 12.2. The van der Waals surface area contributed by atoms with Crippen LogP contribution in [0.2, 0.25) is 0 Å². The lowest BCUT2D eigenvalue weighted by atomic mass is 10.0. The van der Waals surface area contributed by atoms with Gasteiger partial charge in [-0.3, -0.25) is 25.8 Å². The predicted molar refractivity (Wildman–Crippen MR) is 107 cm³/mol. The van der Waals surface area contributed by atoms with E-state index >= 15 is 0 Å². The molecule has 0 saturated carbocycles. The quantitative estimate of drug-likeness (QED) is 0.369. The van der Waals surface area contributed by atoms with Crippen molar-refractivity contribution >= 4 is 46.0 Å². The fraction of sp³-hybridized carbons (Fsp3) is 0.0500. The van der Waals surface area contributed by atoms with Gasteiger partial charge in [-0.1, -0.05) is 42.5 Å². The first kappa shape index (κ1) is 18.3. The number of carbonyl (C=O) groups is 2. The van der Waals surface area contributed by atoms with Crippen molar-refractivity contribution < 1.29 is 14.0 Å². The summed E-state index contributed by atoms with van der Waals surface area (Å²) >= 11 is 4.99. The van der Waals surface area contributed by atoms with Crippen LogP contribution in [0.25, 0.3) is 16.8 Å². The number of nitrogens with one attached hydrogen (secondary N) is 3. The first-order chi connectivity index (χ1) is 13.1. The summed E-state index contributed by atoms with van der Waals surface area (Å²) < 4.78 is 5.08. The SMILES string of the molecule is O=C(/C=C/c1ccco1)NC(=S)NNC(=O)Cc1cccc2ccccc12. The van der Waals surface area contributed by atoms with E-state index in [-0.39, 0.29) is 17.4 Å². The predicted octanol–water partition coefficient (Wildman–Crippen LogP) is 2.71. The average Bonchev–Trinajstić information content (AvgIpc) is 3.19. The summed E-state index contributed by atoms with van der Waals surface area (Å²) in [5.41, 5.74) is 5.91. The van der Waals surface area contributed by atoms with Crippen molar-refractivity contribution in [1.82, 2.24) is 16.2 Å². The Labute approximate surface area is 161 Å². The van der Waals surface area contributed by atoms with Crippen molar-refractivity contribution in [2.75, 3.05) is 0 Å². The molecule has 3 rings (SSSR count). The van der Waals surface area contributed by atoms with Gasteiger partial charge in [-0.05, 0) is 46.8 Å². The number of fused-ring (bicyclic) bond motifs is 1. The van der Waals surface area contributed by atoms with Crippen LogP contribution >= 0.6 is 12.2 Å². The van der Waals surface area contributed by atoms with Crippen LogP contribution in [0, 0.1) is 0 Å². The number of hydrogen-bond acceptors (Lipinski definition) is 4. The number of hydrogen-bond donors (Lipinski definition) is 3. The van der Waals surface area contributed by atoms with Crippen LogP contribution in [0.3, 0.4) is 0 Å². The Kier molecular flexibility index (Phi) is 5.96. The van der Waals surface area contributed by atoms with E-state index in [0.717, 1.165) is 16.3 Å². The van der Waals surface area contributed by atoms with Crippen molar-refractivity contribution in [3.8, 4) is 0 Å². The molecule has 0 aliphatic heterocycles. The first-order valence-electron chi connectivity index (χ1n) is 8.20. The van der Waals surface area contributed by atoms with Gasteiger partial charge in [-0.25, -0.2) is 0 Å². The Morgan fingerprint density at radius 3 is 2.63 bits per heavy atom. The van der Waals surface area contributed by atoms with Gasteiger partial charge in [0.2, 0.25) is 11.8 Å². The number of thiocarbonyl (C=S) groups is 1. The molecule has 0 spiro atoms. The number of benzene rings is 2. The molecular formula is C20H17N3O3S. The van der Waals surface area contributed by atoms with Crippen molar-refractivity contribution in [1.29, 1.82) is 0 Å². The molecule has 7 heteroatoms. The number of carbonyl (C=O) groups excluding carboxylic acids is 2. The van der Waals surface area contributed by atoms with E-state index in [1.54, 1.807) is 12.1 Å². The molecule has 3 N–H and O–H groups in total. The van der Waals surface area contributed by atoms with Crippen LogP contribution in [-0.4, -0.2) is 16.9 Å². The van der Waals surface area contributed by atoms with Gasteiger partial charge in [-0.2, -0.15) is 0 Å². The van der Waals surface area contributed by atoms with E-state index in [4.69, 9.17) is 16.6 Å². The molecule has 0 unspecified atom stereocenters. The van der Waals surface area contributed by atoms with Crippen LogP contribution in [0.4, 0.5) is 0 Å². The van der Waals surface area contributed by atoms with Gasteiger partial charge in [-0.15, -0.1) is 0 Å². The van der Waals surface area contributed by atoms with Crippen molar-refractivity contribution in [3.63, 3.8) is 0 Å². The average molecular weight is 379 g/mol. The molecule has 2 aromatic carbocycles. The molecular weight excluding hydrogens is 362 g/mol. The maximum Gasteiger partial charge on any atom is 0.250 e. The normalized spacial score (nSPS) is 10.7. The van der Waals surface area contributed by atoms with Gasteiger partial charge < -0.3 is 4.42 Å². The molecule has 0 aliphatic carbocycles. The van der Waals surface area contributed by atoms with Crippen LogP contribution < -0.4 is 16.2 Å². The third-order valence-electron chi connectivity index (χ3n) is 3.73. The highest BCUT2D eigenvalue weighted by molar-refractivity contribution is 7.80. The molecule has 136 valence electrons. The van der Waals surface area contributed by atoms with Crippen LogP contribution in [0.1, 0.15) is 11.3 Å². The summed E-state index contributed by atoms with van der Waals surface area (Å²) in [6.45, 7) is 0. The number of furan rings is 1. The Morgan fingerprint density at radius 1 is 1.00 bits per heavy atom. The van der Waals surface area contributed by atoms with Gasteiger partial charge in [0.15, 0.2) is 5.11 Å². The molecule has 3 aromatic rings. The zero-order valence-electron chi connectivity index (χ0n) is 14.3. The standard InChI is InChI=1S/C20H17N3O3S/c24-18(11-10-16-8-4-12-26-16)21-20(27)23-22-19(25)13-15-7-3-6-14-5-1-2-9-17(14)15/h1-12H,13H2,(H,22,25)(H2,21,23,24,27)/b11-10+. The van der Waals surface area contributed by atoms with Gasteiger partial charge in [0, 0.05) is 6.08 Å². The number of hydrazine groups is 1. The molecule has 6 nitrogen and oxygen atoms in total. The monoisotopic (exact) mass is 379 g/mol. The molecule has 1 aromatic heterocycles. The topological polar surface area (TPSA) is 83.4 Å². The highest BCUT2D eigenvalue weighted by Crippen LogP contribution is 2.18. The smallest absolute Gasteiger partial charge is 0.250 e. The second-order valence-electron chi connectivity index (χ2n) is 5.66. The summed E-state index contributed by atoms with van der Waals surface area (Å²) in [4.78, 5) is 23.9. The largest absolute Gasteiger partial charge is 0.465 e. The molecule has 0 aliphatic rings. The van der Waals surface area contributed by atoms with E-state index in [1.807, 2.05) is 42.5 Å². The minimum absolute atomic E-state index is 0.00429. The second kappa shape index (κ2) is 8.77. The van der Waals surface area contributed by atoms with E-state index in [1.165, 1.54) is 18.4 Å². The summed E-state index contributed by atoms with van der Waals surface area (Å²) in [5.74, 6) is -0.159. The minimum atomic E-state index is -0.438. The Balaban J connectivity index is 1.48. The lowest BCUT2D eigenvalue weighted by Gasteiger charge is -2.10. The third kappa shape index (κ3) is 5.26. The Morgan fingerprint density at radius 2 is 1.81 bits per heavy atom. The molecule has 0 radical (unpaired) electrons. The van der Waals surface area contributed by atoms with Gasteiger partial charge >= 0.3 is 0 Å². The highest BCUT2D eigenvalue weighted by atomic mass is 32.1. The number of amides is 2. The summed E-state index contributed by atoms with van der Waals surface area (Å²) in [6.07, 6.45) is 4.49. The lowest BCUT2D eigenvalue weighted by molar-refractivity contribution is -0.121. The van der Waals surface area contributed by atoms with Crippen molar-refractivity contribution in [2.45, 2.75) is 6.42 Å². The lowest BCUT2D eigenvalue weighted by Crippen LogP contribution is -2.48. The molecule has 0 fully saturated rings. The van der Waals surface area contributed by atoms with Gasteiger partial charge in [0.05, 0.1) is 12.7 Å². The zero-order valence-corrected chi connectivity index (χ0v) is 15.1. The fourth-order valence-corrected chi connectivity index (χ4v) is 2.67. The van der Waals surface area contributed by atoms with E-state index in [0.29, 0.717) is 5.76 Å². The molecule has 0 saturated heterocycles. The van der Waals surface area contributed by atoms with E-state index in [2.05, 4.69) is 16.2 Å². The summed E-state index contributed by atoms with van der Waals surface area (Å²) in [6, 6.07) is 17.1. The van der Waals surface area contributed by atoms with Crippen LogP contribution in [-0.2, 0) is 16.0 Å². The molecule has 2 amide bonds. The van der Waals surface area contributed by atoms with Crippen molar-refractivity contribution in [3.05, 3.63) is 78.3 Å². The maximum atomic E-state index is 12.2. The number of rotatable bonds is 4. The first-order valence-corrected chi connectivity index (χ1v) is 8.60. The Bertz CT molecular complexity index is 991. The molecule has 0 atom stereocenters. The molecule has 27 heavy (non-hydrogen) atoms. The third-order valence-corrected chi connectivity index (χ3v) is 3.93. The molecule has 1 heterocycles.